The standard InChI is InChI=1S/C43H33ClF9N9O5S/c1-60-35-29(9-8-27(44)33(35)39(58-60)59-68(65,66)12-11-19-3-5-23(67-2)6-4-19)62-40(56-38-24(41(62)64)7-10-30(55-38)43(51,52)53)28(15-20-13-21(45)16-22(46)14-20)54-31(63)18-61-36-32(34(57-61)37(47)48)25-17-26(25)42(36,49)50/h3-10,13-14,16,25-26,28,37H,11-12,15,17-18H2,1-2H3,(H,54,63)(H,58,59)/t25-,26+,28-/m0/s1. The number of amides is 1. The highest BCUT2D eigenvalue weighted by Crippen LogP contribution is 2.68. The monoisotopic (exact) mass is 993 g/mol. The number of aromatic nitrogens is 7. The van der Waals surface area contributed by atoms with Gasteiger partial charge in [0.05, 0.1) is 45.9 Å². The Morgan fingerprint density at radius 1 is 0.985 bits per heavy atom. The average Bonchev–Trinajstić information content (AvgIpc) is 3.80. The van der Waals surface area contributed by atoms with Gasteiger partial charge in [0.2, 0.25) is 15.9 Å². The first kappa shape index (κ1) is 46.4. The van der Waals surface area contributed by atoms with E-state index >= 15 is 8.78 Å². The second-order valence-electron chi connectivity index (χ2n) is 16.2. The molecule has 4 aromatic heterocycles. The molecule has 2 N–H and O–H groups in total. The quantitative estimate of drug-likeness (QED) is 0.103. The average molecular weight is 994 g/mol. The lowest BCUT2D eigenvalue weighted by molar-refractivity contribution is -0.141. The first-order valence-electron chi connectivity index (χ1n) is 20.4. The van der Waals surface area contributed by atoms with E-state index in [0.717, 1.165) is 27.4 Å². The van der Waals surface area contributed by atoms with Crippen molar-refractivity contribution in [1.82, 2.24) is 39.4 Å². The molecular weight excluding hydrogens is 961 g/mol. The van der Waals surface area contributed by atoms with Crippen LogP contribution in [0.2, 0.25) is 5.02 Å². The third-order valence-electron chi connectivity index (χ3n) is 11.7. The molecule has 1 fully saturated rings. The molecule has 7 aromatic rings. The number of carbonyl (C=O) groups is 1. The van der Waals surface area contributed by atoms with Gasteiger partial charge >= 0.3 is 6.18 Å². The fraction of sp³-hybridized carbons (Fsp3) is 0.302. The van der Waals surface area contributed by atoms with E-state index in [1.807, 2.05) is 0 Å². The molecular formula is C43H33ClF9N9O5S. The number of hydrogen-bond donors (Lipinski definition) is 2. The lowest BCUT2D eigenvalue weighted by atomic mass is 10.0. The number of fused-ring (bicyclic) bond motifs is 5. The highest BCUT2D eigenvalue weighted by Gasteiger charge is 2.67. The Bertz CT molecular complexity index is 3340. The molecule has 2 aliphatic rings. The van der Waals surface area contributed by atoms with Crippen LogP contribution >= 0.6 is 11.6 Å². The molecule has 1 amide bonds. The van der Waals surface area contributed by atoms with Crippen molar-refractivity contribution in [1.29, 1.82) is 0 Å². The lowest BCUT2D eigenvalue weighted by Crippen LogP contribution is -2.38. The minimum absolute atomic E-state index is 0.0523. The summed E-state index contributed by atoms with van der Waals surface area (Å²) in [6.07, 6.45) is -9.07. The minimum atomic E-state index is -5.06. The van der Waals surface area contributed by atoms with Gasteiger partial charge in [-0.2, -0.15) is 32.1 Å². The van der Waals surface area contributed by atoms with Crippen molar-refractivity contribution in [3.05, 3.63) is 133 Å². The zero-order valence-electron chi connectivity index (χ0n) is 35.1. The van der Waals surface area contributed by atoms with Crippen LogP contribution in [0.25, 0.3) is 27.6 Å². The normalized spacial score (nSPS) is 16.8. The lowest BCUT2D eigenvalue weighted by Gasteiger charge is -2.24. The van der Waals surface area contributed by atoms with Crippen LogP contribution in [0, 0.1) is 17.6 Å². The molecule has 3 atom stereocenters. The molecule has 0 unspecified atom stereocenters. The zero-order valence-corrected chi connectivity index (χ0v) is 36.6. The maximum absolute atomic E-state index is 15.5. The number of methoxy groups -OCH3 is 1. The summed E-state index contributed by atoms with van der Waals surface area (Å²) in [7, 11) is -1.38. The largest absolute Gasteiger partial charge is 0.497 e. The van der Waals surface area contributed by atoms with Gasteiger partial charge in [0.15, 0.2) is 11.5 Å². The number of ether oxygens (including phenoxy) is 1. The molecule has 3 aromatic carbocycles. The second kappa shape index (κ2) is 16.8. The Morgan fingerprint density at radius 3 is 2.35 bits per heavy atom. The van der Waals surface area contributed by atoms with E-state index in [1.165, 1.54) is 26.3 Å². The van der Waals surface area contributed by atoms with E-state index in [9.17, 15) is 48.7 Å². The van der Waals surface area contributed by atoms with Gasteiger partial charge in [-0.25, -0.2) is 35.9 Å². The van der Waals surface area contributed by atoms with Crippen molar-refractivity contribution in [2.75, 3.05) is 17.6 Å². The number of alkyl halides is 7. The van der Waals surface area contributed by atoms with Gasteiger partial charge in [0.25, 0.3) is 17.9 Å². The van der Waals surface area contributed by atoms with Crippen LogP contribution in [0.5, 0.6) is 5.75 Å². The van der Waals surface area contributed by atoms with Gasteiger partial charge in [-0.15, -0.1) is 0 Å². The van der Waals surface area contributed by atoms with Gasteiger partial charge in [-0.3, -0.25) is 28.2 Å². The fourth-order valence-corrected chi connectivity index (χ4v) is 9.97. The summed E-state index contributed by atoms with van der Waals surface area (Å²) in [6.45, 7) is -1.14. The highest BCUT2D eigenvalue weighted by molar-refractivity contribution is 7.92. The fourth-order valence-electron chi connectivity index (χ4n) is 8.69. The van der Waals surface area contributed by atoms with Crippen molar-refractivity contribution >= 4 is 55.3 Å². The number of rotatable bonds is 14. The maximum atomic E-state index is 15.5. The van der Waals surface area contributed by atoms with E-state index < -0.39 is 122 Å². The van der Waals surface area contributed by atoms with Crippen LogP contribution in [-0.4, -0.2) is 61.3 Å². The number of anilines is 1. The van der Waals surface area contributed by atoms with Gasteiger partial charge in [0, 0.05) is 31.0 Å². The molecule has 25 heteroatoms. The van der Waals surface area contributed by atoms with E-state index in [1.54, 1.807) is 24.3 Å². The van der Waals surface area contributed by atoms with Crippen LogP contribution < -0.4 is 20.3 Å². The van der Waals surface area contributed by atoms with E-state index in [0.29, 0.717) is 28.1 Å². The maximum Gasteiger partial charge on any atom is 0.433 e. The number of nitrogens with zero attached hydrogens (tertiary/aromatic N) is 7. The van der Waals surface area contributed by atoms with Gasteiger partial charge < -0.3 is 10.1 Å². The molecule has 1 saturated carbocycles. The molecule has 0 bridgehead atoms. The molecule has 4 heterocycles. The summed E-state index contributed by atoms with van der Waals surface area (Å²) in [4.78, 5) is 36.8. The number of aryl methyl sites for hydroxylation is 2. The molecule has 0 radical (unpaired) electrons. The predicted molar refractivity (Wildman–Crippen MR) is 226 cm³/mol. The summed E-state index contributed by atoms with van der Waals surface area (Å²) < 4.78 is 168. The Morgan fingerprint density at radius 2 is 1.69 bits per heavy atom. The van der Waals surface area contributed by atoms with Crippen molar-refractivity contribution in [2.45, 2.75) is 56.3 Å². The number of hydrogen-bond acceptors (Lipinski definition) is 9. The van der Waals surface area contributed by atoms with Crippen molar-refractivity contribution in [2.24, 2.45) is 13.0 Å². The van der Waals surface area contributed by atoms with Crippen LogP contribution in [0.4, 0.5) is 45.3 Å². The van der Waals surface area contributed by atoms with Crippen LogP contribution in [-0.2, 0) is 53.4 Å². The topological polar surface area (TPSA) is 168 Å². The molecule has 0 aliphatic heterocycles. The van der Waals surface area contributed by atoms with Crippen LogP contribution in [0.1, 0.15) is 64.4 Å². The van der Waals surface area contributed by atoms with Crippen molar-refractivity contribution in [3.8, 4) is 11.4 Å². The zero-order chi connectivity index (χ0) is 48.8. The minimum Gasteiger partial charge on any atom is -0.497 e. The summed E-state index contributed by atoms with van der Waals surface area (Å²) in [6, 6.07) is 10.8. The third kappa shape index (κ3) is 8.47. The van der Waals surface area contributed by atoms with Crippen molar-refractivity contribution in [3.63, 3.8) is 0 Å². The molecule has 0 spiro atoms. The molecule has 14 nitrogen and oxygen atoms in total. The molecule has 9 rings (SSSR count). The van der Waals surface area contributed by atoms with Gasteiger partial charge in [-0.05, 0) is 78.4 Å². The Balaban J connectivity index is 1.19. The predicted octanol–water partition coefficient (Wildman–Crippen LogP) is 8.05. The molecule has 0 saturated heterocycles. The molecule has 356 valence electrons. The Kier molecular flexibility index (Phi) is 11.5. The first-order valence-corrected chi connectivity index (χ1v) is 22.4. The number of pyridine rings is 1. The number of carbonyl (C=O) groups excluding carboxylic acids is 1. The SMILES string of the molecule is COc1ccc(CCS(=O)(=O)Nc2nn(C)c3c(-n4c([C@H](Cc5cc(F)cc(F)c5)NC(=O)Cn5nc(C(F)F)c6c5C(F)(F)[C@@H]5C[C@H]65)nc5nc(C(F)(F)F)ccc5c4=O)ccc(Cl)c23)cc1. The first-order chi connectivity index (χ1) is 32.0. The summed E-state index contributed by atoms with van der Waals surface area (Å²) in [5, 5.41) is 9.73. The second-order valence-corrected chi connectivity index (χ2v) is 18.5. The Hall–Kier alpha value is -6.69. The summed E-state index contributed by atoms with van der Waals surface area (Å²) >= 11 is 6.68. The summed E-state index contributed by atoms with van der Waals surface area (Å²) in [5.74, 6) is -10.1. The number of sulfonamides is 1. The van der Waals surface area contributed by atoms with E-state index in [2.05, 4.69) is 30.2 Å². The van der Waals surface area contributed by atoms with Gasteiger partial charge in [0.1, 0.15) is 46.8 Å². The number of nitrogens with one attached hydrogen (secondary N) is 2. The Labute approximate surface area is 382 Å². The molecule has 2 aliphatic carbocycles. The van der Waals surface area contributed by atoms with E-state index in [4.69, 9.17) is 16.3 Å². The van der Waals surface area contributed by atoms with Crippen LogP contribution in [0.3, 0.4) is 0 Å². The third-order valence-corrected chi connectivity index (χ3v) is 13.3. The highest BCUT2D eigenvalue weighted by atomic mass is 35.5. The smallest absolute Gasteiger partial charge is 0.433 e. The van der Waals surface area contributed by atoms with Crippen LogP contribution in [0.15, 0.2) is 71.5 Å². The van der Waals surface area contributed by atoms with Gasteiger partial charge in [-0.1, -0.05) is 23.7 Å². The number of benzene rings is 3. The number of halogens is 10. The molecule has 68 heavy (non-hydrogen) atoms. The summed E-state index contributed by atoms with van der Waals surface area (Å²) in [5.41, 5.74) is -5.51. The van der Waals surface area contributed by atoms with Crippen molar-refractivity contribution < 1.29 is 57.5 Å². The van der Waals surface area contributed by atoms with E-state index in [-0.39, 0.29) is 51.4 Å².